The van der Waals surface area contributed by atoms with Crippen LogP contribution in [0.2, 0.25) is 0 Å². The van der Waals surface area contributed by atoms with Crippen molar-refractivity contribution in [1.82, 2.24) is 15.3 Å². The van der Waals surface area contributed by atoms with Gasteiger partial charge in [-0.3, -0.25) is 4.79 Å². The van der Waals surface area contributed by atoms with Crippen LogP contribution in [0.25, 0.3) is 0 Å². The molecule has 3 rings (SSSR count). The number of nitrogens with zero attached hydrogens (tertiary/aromatic N) is 2. The summed E-state index contributed by atoms with van der Waals surface area (Å²) in [6.07, 6.45) is 3.21. The summed E-state index contributed by atoms with van der Waals surface area (Å²) in [5, 5.41) is 5.74. The minimum Gasteiger partial charge on any atom is -0.365 e. The van der Waals surface area contributed by atoms with Crippen LogP contribution in [0, 0.1) is 11.6 Å². The summed E-state index contributed by atoms with van der Waals surface area (Å²) in [6, 6.07) is 12.6. The second kappa shape index (κ2) is 8.84. The predicted molar refractivity (Wildman–Crippen MR) is 98.2 cm³/mol. The third kappa shape index (κ3) is 5.31. The minimum absolute atomic E-state index is 0.177. The van der Waals surface area contributed by atoms with Crippen LogP contribution in [-0.2, 0) is 13.0 Å². The summed E-state index contributed by atoms with van der Waals surface area (Å²) < 4.78 is 26.4. The third-order valence-corrected chi connectivity index (χ3v) is 3.91. The molecule has 0 spiro atoms. The highest BCUT2D eigenvalue weighted by Crippen LogP contribution is 2.08. The standard InChI is InChI=1S/C20H18F2N4O/c21-16-7-5-14(6-8-16)11-25-19-13-24-18(12-26-19)20(27)23-10-9-15-3-1-2-4-17(15)22/h1-8,12-13H,9-11H2,(H,23,27)(H,25,26). The molecule has 2 N–H and O–H groups in total. The zero-order chi connectivity index (χ0) is 19.1. The first-order valence-electron chi connectivity index (χ1n) is 8.44. The Bertz CT molecular complexity index is 899. The lowest BCUT2D eigenvalue weighted by atomic mass is 10.1. The molecule has 7 heteroatoms. The van der Waals surface area contributed by atoms with Crippen LogP contribution in [0.15, 0.2) is 60.9 Å². The summed E-state index contributed by atoms with van der Waals surface area (Å²) in [4.78, 5) is 20.3. The van der Waals surface area contributed by atoms with Gasteiger partial charge in [-0.15, -0.1) is 0 Å². The van der Waals surface area contributed by atoms with E-state index in [1.54, 1.807) is 30.3 Å². The van der Waals surface area contributed by atoms with Crippen LogP contribution in [0.5, 0.6) is 0 Å². The second-order valence-corrected chi connectivity index (χ2v) is 5.86. The minimum atomic E-state index is -0.371. The maximum absolute atomic E-state index is 13.5. The molecule has 1 amide bonds. The van der Waals surface area contributed by atoms with Crippen molar-refractivity contribution >= 4 is 11.7 Å². The van der Waals surface area contributed by atoms with Gasteiger partial charge in [0.15, 0.2) is 0 Å². The van der Waals surface area contributed by atoms with Crippen molar-refractivity contribution in [1.29, 1.82) is 0 Å². The smallest absolute Gasteiger partial charge is 0.271 e. The first-order chi connectivity index (χ1) is 13.1. The van der Waals surface area contributed by atoms with Gasteiger partial charge in [0.05, 0.1) is 12.4 Å². The van der Waals surface area contributed by atoms with Gasteiger partial charge in [-0.2, -0.15) is 0 Å². The number of rotatable bonds is 7. The van der Waals surface area contributed by atoms with E-state index in [2.05, 4.69) is 20.6 Å². The van der Waals surface area contributed by atoms with Crippen molar-refractivity contribution in [3.63, 3.8) is 0 Å². The molecule has 0 unspecified atom stereocenters. The molecule has 1 heterocycles. The molecule has 2 aromatic carbocycles. The van der Waals surface area contributed by atoms with Crippen LogP contribution in [0.4, 0.5) is 14.6 Å². The Kier molecular flexibility index (Phi) is 6.04. The third-order valence-electron chi connectivity index (χ3n) is 3.91. The van der Waals surface area contributed by atoms with E-state index in [9.17, 15) is 13.6 Å². The fourth-order valence-corrected chi connectivity index (χ4v) is 2.43. The monoisotopic (exact) mass is 368 g/mol. The Morgan fingerprint density at radius 1 is 0.963 bits per heavy atom. The molecule has 1 aromatic heterocycles. The molecular weight excluding hydrogens is 350 g/mol. The highest BCUT2D eigenvalue weighted by atomic mass is 19.1. The van der Waals surface area contributed by atoms with E-state index in [1.807, 2.05) is 0 Å². The van der Waals surface area contributed by atoms with Crippen molar-refractivity contribution in [2.45, 2.75) is 13.0 Å². The topological polar surface area (TPSA) is 66.9 Å². The van der Waals surface area contributed by atoms with Crippen molar-refractivity contribution in [3.8, 4) is 0 Å². The number of halogens is 2. The highest BCUT2D eigenvalue weighted by Gasteiger charge is 2.08. The van der Waals surface area contributed by atoms with Crippen molar-refractivity contribution < 1.29 is 13.6 Å². The largest absolute Gasteiger partial charge is 0.365 e. The molecule has 0 radical (unpaired) electrons. The molecule has 0 saturated heterocycles. The van der Waals surface area contributed by atoms with Gasteiger partial charge < -0.3 is 10.6 Å². The summed E-state index contributed by atoms with van der Waals surface area (Å²) in [5.41, 5.74) is 1.62. The Morgan fingerprint density at radius 3 is 2.44 bits per heavy atom. The summed E-state index contributed by atoms with van der Waals surface area (Å²) in [7, 11) is 0. The summed E-state index contributed by atoms with van der Waals surface area (Å²) in [5.74, 6) is -0.446. The lowest BCUT2D eigenvalue weighted by Gasteiger charge is -2.07. The number of nitrogens with one attached hydrogen (secondary N) is 2. The van der Waals surface area contributed by atoms with Gasteiger partial charge in [-0.25, -0.2) is 18.7 Å². The number of amides is 1. The van der Waals surface area contributed by atoms with E-state index in [4.69, 9.17) is 0 Å². The SMILES string of the molecule is O=C(NCCc1ccccc1F)c1cnc(NCc2ccc(F)cc2)cn1. The van der Waals surface area contributed by atoms with Gasteiger partial charge in [0.2, 0.25) is 0 Å². The van der Waals surface area contributed by atoms with Crippen LogP contribution >= 0.6 is 0 Å². The summed E-state index contributed by atoms with van der Waals surface area (Å²) >= 11 is 0. The first kappa shape index (κ1) is 18.4. The van der Waals surface area contributed by atoms with Crippen LogP contribution < -0.4 is 10.6 Å². The average molecular weight is 368 g/mol. The van der Waals surface area contributed by atoms with Gasteiger partial charge in [0.1, 0.15) is 23.1 Å². The van der Waals surface area contributed by atoms with E-state index in [1.165, 1.54) is 30.6 Å². The Labute approximate surface area is 155 Å². The second-order valence-electron chi connectivity index (χ2n) is 5.86. The molecule has 0 atom stereocenters. The molecular formula is C20H18F2N4O. The maximum Gasteiger partial charge on any atom is 0.271 e. The van der Waals surface area contributed by atoms with Crippen molar-refractivity contribution in [3.05, 3.63) is 89.4 Å². The van der Waals surface area contributed by atoms with E-state index >= 15 is 0 Å². The van der Waals surface area contributed by atoms with E-state index in [-0.39, 0.29) is 23.2 Å². The van der Waals surface area contributed by atoms with Gasteiger partial charge in [-0.05, 0) is 35.7 Å². The number of benzene rings is 2. The summed E-state index contributed by atoms with van der Waals surface area (Å²) in [6.45, 7) is 0.759. The molecule has 27 heavy (non-hydrogen) atoms. The highest BCUT2D eigenvalue weighted by molar-refractivity contribution is 5.91. The molecule has 0 fully saturated rings. The predicted octanol–water partition coefficient (Wildman–Crippen LogP) is 3.34. The lowest BCUT2D eigenvalue weighted by Crippen LogP contribution is -2.27. The van der Waals surface area contributed by atoms with Crippen LogP contribution in [0.3, 0.4) is 0 Å². The van der Waals surface area contributed by atoms with E-state index in [0.29, 0.717) is 30.9 Å². The van der Waals surface area contributed by atoms with E-state index in [0.717, 1.165) is 5.56 Å². The zero-order valence-corrected chi connectivity index (χ0v) is 14.5. The molecule has 5 nitrogen and oxygen atoms in total. The van der Waals surface area contributed by atoms with Crippen LogP contribution in [-0.4, -0.2) is 22.4 Å². The zero-order valence-electron chi connectivity index (χ0n) is 14.5. The average Bonchev–Trinajstić information content (AvgIpc) is 2.69. The number of carbonyl (C=O) groups excluding carboxylic acids is 1. The molecule has 0 aliphatic rings. The van der Waals surface area contributed by atoms with Crippen LogP contribution in [0.1, 0.15) is 21.6 Å². The molecule has 3 aromatic rings. The number of aromatic nitrogens is 2. The van der Waals surface area contributed by atoms with Gasteiger partial charge >= 0.3 is 0 Å². The Balaban J connectivity index is 1.48. The fourth-order valence-electron chi connectivity index (χ4n) is 2.43. The molecule has 138 valence electrons. The Morgan fingerprint density at radius 2 is 1.74 bits per heavy atom. The van der Waals surface area contributed by atoms with Crippen molar-refractivity contribution in [2.24, 2.45) is 0 Å². The molecule has 0 bridgehead atoms. The maximum atomic E-state index is 13.5. The number of hydrogen-bond acceptors (Lipinski definition) is 4. The quantitative estimate of drug-likeness (QED) is 0.671. The fraction of sp³-hybridized carbons (Fsp3) is 0.150. The van der Waals surface area contributed by atoms with Gasteiger partial charge in [0, 0.05) is 13.1 Å². The van der Waals surface area contributed by atoms with Gasteiger partial charge in [-0.1, -0.05) is 30.3 Å². The number of hydrogen-bond donors (Lipinski definition) is 2. The first-order valence-corrected chi connectivity index (χ1v) is 8.44. The lowest BCUT2D eigenvalue weighted by molar-refractivity contribution is 0.0948. The van der Waals surface area contributed by atoms with Crippen molar-refractivity contribution in [2.75, 3.05) is 11.9 Å². The number of carbonyl (C=O) groups is 1. The normalized spacial score (nSPS) is 10.4. The molecule has 0 aliphatic heterocycles. The Hall–Kier alpha value is -3.35. The molecule has 0 aliphatic carbocycles. The van der Waals surface area contributed by atoms with Gasteiger partial charge in [0.25, 0.3) is 5.91 Å². The number of anilines is 1. The molecule has 0 saturated carbocycles. The van der Waals surface area contributed by atoms with E-state index < -0.39 is 0 Å².